The zero-order valence-electron chi connectivity index (χ0n) is 12.1. The van der Waals surface area contributed by atoms with Gasteiger partial charge in [0.25, 0.3) is 0 Å². The average Bonchev–Trinajstić information content (AvgIpc) is 2.83. The van der Waals surface area contributed by atoms with Crippen LogP contribution in [-0.4, -0.2) is 18.0 Å². The van der Waals surface area contributed by atoms with Gasteiger partial charge in [0.05, 0.1) is 12.2 Å². The second-order valence-electron chi connectivity index (χ2n) is 6.28. The van der Waals surface area contributed by atoms with E-state index < -0.39 is 0 Å². The minimum absolute atomic E-state index is 0.290. The second kappa shape index (κ2) is 6.53. The van der Waals surface area contributed by atoms with Crippen LogP contribution in [0.3, 0.4) is 0 Å². The number of carbonyl (C=O) groups excluding carboxylic acids is 1. The summed E-state index contributed by atoms with van der Waals surface area (Å²) < 4.78 is 5.81. The van der Waals surface area contributed by atoms with Gasteiger partial charge < -0.3 is 4.74 Å². The van der Waals surface area contributed by atoms with Gasteiger partial charge in [-0.25, -0.2) is 0 Å². The highest BCUT2D eigenvalue weighted by molar-refractivity contribution is 5.81. The Labute approximate surface area is 121 Å². The maximum absolute atomic E-state index is 12.3. The molecule has 0 amide bonds. The smallest absolute Gasteiger partial charge is 0.136 e. The molecule has 2 heteroatoms. The minimum Gasteiger partial charge on any atom is -0.375 e. The third-order valence-corrected chi connectivity index (χ3v) is 4.73. The molecule has 0 spiro atoms. The summed E-state index contributed by atoms with van der Waals surface area (Å²) in [6, 6.07) is 10.5. The van der Waals surface area contributed by atoms with Crippen LogP contribution in [-0.2, 0) is 16.0 Å². The third kappa shape index (κ3) is 3.49. The first kappa shape index (κ1) is 13.8. The van der Waals surface area contributed by atoms with Gasteiger partial charge in [0.1, 0.15) is 5.78 Å². The van der Waals surface area contributed by atoms with E-state index in [2.05, 4.69) is 24.3 Å². The molecule has 2 bridgehead atoms. The van der Waals surface area contributed by atoms with Crippen molar-refractivity contribution < 1.29 is 9.53 Å². The number of benzene rings is 1. The number of fused-ring (bicyclic) bond motifs is 2. The zero-order valence-corrected chi connectivity index (χ0v) is 12.1. The van der Waals surface area contributed by atoms with Gasteiger partial charge in [-0.3, -0.25) is 4.79 Å². The van der Waals surface area contributed by atoms with Crippen LogP contribution in [0.2, 0.25) is 0 Å². The van der Waals surface area contributed by atoms with Gasteiger partial charge in [-0.2, -0.15) is 0 Å². The number of ether oxygens (including phenoxy) is 1. The van der Waals surface area contributed by atoms with Gasteiger partial charge in [-0.05, 0) is 50.5 Å². The molecule has 1 aromatic rings. The number of hydrogen-bond donors (Lipinski definition) is 0. The van der Waals surface area contributed by atoms with Crippen molar-refractivity contribution in [3.05, 3.63) is 35.9 Å². The maximum Gasteiger partial charge on any atom is 0.136 e. The molecule has 2 nitrogen and oxygen atoms in total. The second-order valence-corrected chi connectivity index (χ2v) is 6.28. The van der Waals surface area contributed by atoms with Crippen LogP contribution in [0.1, 0.15) is 50.5 Å². The Kier molecular flexibility index (Phi) is 4.51. The Morgan fingerprint density at radius 1 is 1.05 bits per heavy atom. The van der Waals surface area contributed by atoms with E-state index in [4.69, 9.17) is 4.74 Å². The quantitative estimate of drug-likeness (QED) is 0.734. The van der Waals surface area contributed by atoms with E-state index in [1.807, 2.05) is 6.07 Å². The number of unbranched alkanes of at least 4 members (excludes halogenated alkanes) is 1. The summed E-state index contributed by atoms with van der Waals surface area (Å²) in [5, 5.41) is 0. The van der Waals surface area contributed by atoms with E-state index in [0.717, 1.165) is 38.5 Å². The topological polar surface area (TPSA) is 26.3 Å². The molecule has 2 heterocycles. The van der Waals surface area contributed by atoms with Crippen LogP contribution in [0.15, 0.2) is 30.3 Å². The summed E-state index contributed by atoms with van der Waals surface area (Å²) in [5.41, 5.74) is 1.38. The van der Waals surface area contributed by atoms with Gasteiger partial charge >= 0.3 is 0 Å². The van der Waals surface area contributed by atoms with Crippen molar-refractivity contribution in [1.29, 1.82) is 0 Å². The van der Waals surface area contributed by atoms with Gasteiger partial charge in [0.2, 0.25) is 0 Å². The van der Waals surface area contributed by atoms with Crippen molar-refractivity contribution in [2.24, 2.45) is 5.92 Å². The molecule has 0 N–H and O–H groups in total. The van der Waals surface area contributed by atoms with E-state index in [0.29, 0.717) is 18.0 Å². The van der Waals surface area contributed by atoms with Crippen molar-refractivity contribution in [3.8, 4) is 0 Å². The zero-order chi connectivity index (χ0) is 13.8. The first-order chi connectivity index (χ1) is 9.81. The molecular weight excluding hydrogens is 248 g/mol. The van der Waals surface area contributed by atoms with Gasteiger partial charge in [-0.1, -0.05) is 30.3 Å². The Balaban J connectivity index is 1.37. The minimum atomic E-state index is 0.290. The molecule has 2 atom stereocenters. The largest absolute Gasteiger partial charge is 0.375 e. The van der Waals surface area contributed by atoms with Crippen LogP contribution in [0.5, 0.6) is 0 Å². The highest BCUT2D eigenvalue weighted by Crippen LogP contribution is 2.36. The average molecular weight is 272 g/mol. The van der Waals surface area contributed by atoms with Crippen LogP contribution in [0, 0.1) is 5.92 Å². The molecule has 2 fully saturated rings. The highest BCUT2D eigenvalue weighted by atomic mass is 16.5. The maximum atomic E-state index is 12.3. The van der Waals surface area contributed by atoms with Gasteiger partial charge in [0, 0.05) is 12.3 Å². The summed E-state index contributed by atoms with van der Waals surface area (Å²) in [7, 11) is 0. The molecule has 0 saturated carbocycles. The molecule has 2 aliphatic rings. The lowest BCUT2D eigenvalue weighted by atomic mass is 9.89. The first-order valence-electron chi connectivity index (χ1n) is 8.03. The fourth-order valence-corrected chi connectivity index (χ4v) is 3.60. The Bertz CT molecular complexity index is 428. The van der Waals surface area contributed by atoms with E-state index in [1.54, 1.807) is 0 Å². The van der Waals surface area contributed by atoms with Crippen molar-refractivity contribution in [1.82, 2.24) is 0 Å². The fraction of sp³-hybridized carbons (Fsp3) is 0.611. The van der Waals surface area contributed by atoms with Crippen molar-refractivity contribution >= 4 is 5.78 Å². The van der Waals surface area contributed by atoms with Gasteiger partial charge in [0.15, 0.2) is 0 Å². The molecule has 0 radical (unpaired) electrons. The molecular formula is C18H24O2. The Hall–Kier alpha value is -1.15. The molecule has 2 aliphatic heterocycles. The lowest BCUT2D eigenvalue weighted by Crippen LogP contribution is -2.29. The van der Waals surface area contributed by atoms with E-state index in [9.17, 15) is 4.79 Å². The monoisotopic (exact) mass is 272 g/mol. The standard InChI is InChI=1S/C18H24O2/c19-18(15-12-16-10-11-17(13-15)20-16)9-5-4-8-14-6-2-1-3-7-14/h1-3,6-7,15-17H,4-5,8-13H2. The summed E-state index contributed by atoms with van der Waals surface area (Å²) in [5.74, 6) is 0.774. The summed E-state index contributed by atoms with van der Waals surface area (Å²) in [4.78, 5) is 12.3. The van der Waals surface area contributed by atoms with Crippen LogP contribution in [0.4, 0.5) is 0 Å². The van der Waals surface area contributed by atoms with E-state index in [-0.39, 0.29) is 5.92 Å². The summed E-state index contributed by atoms with van der Waals surface area (Å²) in [6.45, 7) is 0. The van der Waals surface area contributed by atoms with Crippen LogP contribution >= 0.6 is 0 Å². The molecule has 2 unspecified atom stereocenters. The number of aryl methyl sites for hydroxylation is 1. The summed E-state index contributed by atoms with van der Waals surface area (Å²) in [6.07, 6.45) is 9.06. The number of rotatable bonds is 6. The van der Waals surface area contributed by atoms with Crippen molar-refractivity contribution in [2.75, 3.05) is 0 Å². The lowest BCUT2D eigenvalue weighted by molar-refractivity contribution is -0.128. The number of hydrogen-bond acceptors (Lipinski definition) is 2. The van der Waals surface area contributed by atoms with E-state index >= 15 is 0 Å². The van der Waals surface area contributed by atoms with E-state index in [1.165, 1.54) is 18.4 Å². The molecule has 2 saturated heterocycles. The van der Waals surface area contributed by atoms with Gasteiger partial charge in [-0.15, -0.1) is 0 Å². The molecule has 0 aromatic heterocycles. The highest BCUT2D eigenvalue weighted by Gasteiger charge is 2.37. The molecule has 1 aromatic carbocycles. The van der Waals surface area contributed by atoms with Crippen molar-refractivity contribution in [3.63, 3.8) is 0 Å². The number of carbonyl (C=O) groups is 1. The predicted octanol–water partition coefficient (Wildman–Crippen LogP) is 3.93. The normalized spacial score (nSPS) is 28.5. The number of Topliss-reactive ketones (excluding diaryl/α,β-unsaturated/α-hetero) is 1. The lowest BCUT2D eigenvalue weighted by Gasteiger charge is -2.27. The van der Waals surface area contributed by atoms with Crippen LogP contribution in [0.25, 0.3) is 0 Å². The van der Waals surface area contributed by atoms with Crippen molar-refractivity contribution in [2.45, 2.75) is 63.6 Å². The molecule has 3 rings (SSSR count). The number of ketones is 1. The SMILES string of the molecule is O=C(CCCCc1ccccc1)C1CC2CCC(C1)O2. The third-order valence-electron chi connectivity index (χ3n) is 4.73. The molecule has 108 valence electrons. The predicted molar refractivity (Wildman–Crippen MR) is 79.6 cm³/mol. The van der Waals surface area contributed by atoms with Crippen LogP contribution < -0.4 is 0 Å². The Morgan fingerprint density at radius 2 is 1.75 bits per heavy atom. The summed E-state index contributed by atoms with van der Waals surface area (Å²) >= 11 is 0. The molecule has 0 aliphatic carbocycles. The molecule has 20 heavy (non-hydrogen) atoms. The Morgan fingerprint density at radius 3 is 2.45 bits per heavy atom. The first-order valence-corrected chi connectivity index (χ1v) is 8.03. The fourth-order valence-electron chi connectivity index (χ4n) is 3.60.